The van der Waals surface area contributed by atoms with E-state index in [-0.39, 0.29) is 23.8 Å². The van der Waals surface area contributed by atoms with Gasteiger partial charge in [-0.05, 0) is 5.56 Å². The van der Waals surface area contributed by atoms with Gasteiger partial charge in [0.25, 0.3) is 5.91 Å². The lowest BCUT2D eigenvalue weighted by atomic mass is 9.94. The van der Waals surface area contributed by atoms with Crippen LogP contribution in [0.3, 0.4) is 0 Å². The van der Waals surface area contributed by atoms with E-state index < -0.39 is 12.1 Å². The van der Waals surface area contributed by atoms with Gasteiger partial charge in [0.05, 0.1) is 12.6 Å². The molecule has 0 radical (unpaired) electrons. The number of rotatable bonds is 6. The summed E-state index contributed by atoms with van der Waals surface area (Å²) in [6.07, 6.45) is -0.742. The number of nitrogens with one attached hydrogen (secondary N) is 2. The third-order valence-corrected chi connectivity index (χ3v) is 3.71. The highest BCUT2D eigenvalue weighted by atomic mass is 16.5. The Hall–Kier alpha value is -1.92. The fourth-order valence-electron chi connectivity index (χ4n) is 2.57. The van der Waals surface area contributed by atoms with E-state index in [0.29, 0.717) is 13.2 Å². The Kier molecular flexibility index (Phi) is 5.74. The molecule has 0 saturated carbocycles. The largest absolute Gasteiger partial charge is 0.384 e. The molecule has 23 heavy (non-hydrogen) atoms. The molecule has 0 aromatic heterocycles. The molecular weight excluding hydrogens is 296 g/mol. The van der Waals surface area contributed by atoms with Crippen LogP contribution in [0.4, 0.5) is 0 Å². The molecule has 1 heterocycles. The number of carbonyl (C=O) groups is 2. The molecule has 0 unspecified atom stereocenters. The predicted octanol–water partition coefficient (Wildman–Crippen LogP) is 1.03. The number of hydrogen-bond donors (Lipinski definition) is 2. The van der Waals surface area contributed by atoms with Crippen LogP contribution in [0.25, 0.3) is 0 Å². The van der Waals surface area contributed by atoms with Crippen molar-refractivity contribution in [2.24, 2.45) is 5.41 Å². The smallest absolute Gasteiger partial charge is 0.251 e. The molecule has 0 aliphatic carbocycles. The highest BCUT2D eigenvalue weighted by Gasteiger charge is 2.36. The van der Waals surface area contributed by atoms with Crippen molar-refractivity contribution in [1.29, 1.82) is 0 Å². The topological polar surface area (TPSA) is 76.7 Å². The van der Waals surface area contributed by atoms with Crippen LogP contribution in [0.1, 0.15) is 25.5 Å². The standard InChI is InChI=1S/C17H24N2O4/c1-17(2,11-22-3)10-18-16(21)15-14(19-13(20)9-23-15)12-7-5-4-6-8-12/h4-8,14-15H,9-11H2,1-3H3,(H,18,21)(H,19,20)/t14-,15+/m1/s1. The molecule has 2 amide bonds. The summed E-state index contributed by atoms with van der Waals surface area (Å²) in [6, 6.07) is 8.88. The van der Waals surface area contributed by atoms with Gasteiger partial charge in [0, 0.05) is 19.1 Å². The third-order valence-electron chi connectivity index (χ3n) is 3.71. The molecule has 1 aromatic rings. The Morgan fingerprint density at radius 2 is 2.09 bits per heavy atom. The molecule has 0 bridgehead atoms. The highest BCUT2D eigenvalue weighted by Crippen LogP contribution is 2.23. The summed E-state index contributed by atoms with van der Waals surface area (Å²) in [4.78, 5) is 24.1. The summed E-state index contributed by atoms with van der Waals surface area (Å²) in [5.74, 6) is -0.453. The lowest BCUT2D eigenvalue weighted by Crippen LogP contribution is -2.53. The maximum absolute atomic E-state index is 12.5. The zero-order valence-corrected chi connectivity index (χ0v) is 13.8. The summed E-state index contributed by atoms with van der Waals surface area (Å²) in [5.41, 5.74) is 0.668. The van der Waals surface area contributed by atoms with Gasteiger partial charge < -0.3 is 20.1 Å². The Morgan fingerprint density at radius 1 is 1.39 bits per heavy atom. The van der Waals surface area contributed by atoms with Crippen molar-refractivity contribution in [3.05, 3.63) is 35.9 Å². The van der Waals surface area contributed by atoms with Crippen LogP contribution in [0.15, 0.2) is 30.3 Å². The van der Waals surface area contributed by atoms with Crippen molar-refractivity contribution < 1.29 is 19.1 Å². The van der Waals surface area contributed by atoms with E-state index in [4.69, 9.17) is 9.47 Å². The first-order chi connectivity index (χ1) is 10.9. The van der Waals surface area contributed by atoms with Crippen LogP contribution in [0, 0.1) is 5.41 Å². The quantitative estimate of drug-likeness (QED) is 0.821. The minimum atomic E-state index is -0.742. The number of hydrogen-bond acceptors (Lipinski definition) is 4. The van der Waals surface area contributed by atoms with E-state index in [9.17, 15) is 9.59 Å². The van der Waals surface area contributed by atoms with Gasteiger partial charge in [-0.15, -0.1) is 0 Å². The molecule has 6 nitrogen and oxygen atoms in total. The average Bonchev–Trinajstić information content (AvgIpc) is 2.53. The summed E-state index contributed by atoms with van der Waals surface area (Å²) >= 11 is 0. The van der Waals surface area contributed by atoms with Crippen molar-refractivity contribution in [3.63, 3.8) is 0 Å². The zero-order chi connectivity index (χ0) is 16.9. The third kappa shape index (κ3) is 4.77. The molecule has 0 spiro atoms. The lowest BCUT2D eigenvalue weighted by molar-refractivity contribution is -0.148. The van der Waals surface area contributed by atoms with Crippen LogP contribution in [-0.4, -0.2) is 44.8 Å². The normalized spacial score (nSPS) is 21.6. The fourth-order valence-corrected chi connectivity index (χ4v) is 2.57. The number of amides is 2. The Balaban J connectivity index is 2.06. The van der Waals surface area contributed by atoms with E-state index in [1.807, 2.05) is 44.2 Å². The Labute approximate surface area is 136 Å². The van der Waals surface area contributed by atoms with Gasteiger partial charge in [-0.25, -0.2) is 0 Å². The molecule has 1 aliphatic heterocycles. The molecular formula is C17H24N2O4. The van der Waals surface area contributed by atoms with Gasteiger partial charge >= 0.3 is 0 Å². The zero-order valence-electron chi connectivity index (χ0n) is 13.8. The number of methoxy groups -OCH3 is 1. The van der Waals surface area contributed by atoms with Crippen molar-refractivity contribution >= 4 is 11.8 Å². The second-order valence-electron chi connectivity index (χ2n) is 6.50. The molecule has 2 N–H and O–H groups in total. The first-order valence-corrected chi connectivity index (χ1v) is 7.65. The van der Waals surface area contributed by atoms with E-state index in [1.165, 1.54) is 0 Å². The van der Waals surface area contributed by atoms with Gasteiger partial charge in [0.1, 0.15) is 6.61 Å². The van der Waals surface area contributed by atoms with Gasteiger partial charge in [0.2, 0.25) is 5.91 Å². The van der Waals surface area contributed by atoms with Crippen LogP contribution >= 0.6 is 0 Å². The Bertz CT molecular complexity index is 545. The second kappa shape index (κ2) is 7.57. The van der Waals surface area contributed by atoms with E-state index >= 15 is 0 Å². The molecule has 2 atom stereocenters. The van der Waals surface area contributed by atoms with Crippen molar-refractivity contribution in [1.82, 2.24) is 10.6 Å². The van der Waals surface area contributed by atoms with Crippen LogP contribution in [-0.2, 0) is 19.1 Å². The van der Waals surface area contributed by atoms with Crippen LogP contribution in [0.2, 0.25) is 0 Å². The van der Waals surface area contributed by atoms with Crippen molar-refractivity contribution in [3.8, 4) is 0 Å². The SMILES string of the molecule is COCC(C)(C)CNC(=O)[C@H]1OCC(=O)N[C@@H]1c1ccccc1. The van der Waals surface area contributed by atoms with Crippen LogP contribution in [0.5, 0.6) is 0 Å². The van der Waals surface area contributed by atoms with Gasteiger partial charge in [-0.1, -0.05) is 44.2 Å². The molecule has 6 heteroatoms. The molecule has 1 fully saturated rings. The minimum absolute atomic E-state index is 0.108. The average molecular weight is 320 g/mol. The number of benzene rings is 1. The van der Waals surface area contributed by atoms with Crippen molar-refractivity contribution in [2.75, 3.05) is 26.9 Å². The highest BCUT2D eigenvalue weighted by molar-refractivity contribution is 5.86. The minimum Gasteiger partial charge on any atom is -0.384 e. The lowest BCUT2D eigenvalue weighted by Gasteiger charge is -2.33. The van der Waals surface area contributed by atoms with Crippen LogP contribution < -0.4 is 10.6 Å². The summed E-state index contributed by atoms with van der Waals surface area (Å²) in [7, 11) is 1.63. The number of ether oxygens (including phenoxy) is 2. The first-order valence-electron chi connectivity index (χ1n) is 7.65. The summed E-state index contributed by atoms with van der Waals surface area (Å²) < 4.78 is 10.6. The fraction of sp³-hybridized carbons (Fsp3) is 0.529. The van der Waals surface area contributed by atoms with E-state index in [1.54, 1.807) is 7.11 Å². The van der Waals surface area contributed by atoms with Gasteiger partial charge in [-0.2, -0.15) is 0 Å². The van der Waals surface area contributed by atoms with E-state index in [0.717, 1.165) is 5.56 Å². The van der Waals surface area contributed by atoms with Crippen molar-refractivity contribution in [2.45, 2.75) is 26.0 Å². The summed E-state index contributed by atoms with van der Waals surface area (Å²) in [5, 5.41) is 5.73. The molecule has 1 aliphatic rings. The number of carbonyl (C=O) groups excluding carboxylic acids is 2. The maximum Gasteiger partial charge on any atom is 0.251 e. The Morgan fingerprint density at radius 3 is 2.74 bits per heavy atom. The van der Waals surface area contributed by atoms with E-state index in [2.05, 4.69) is 10.6 Å². The molecule has 1 saturated heterocycles. The molecule has 2 rings (SSSR count). The first kappa shape index (κ1) is 17.4. The molecule has 1 aromatic carbocycles. The maximum atomic E-state index is 12.5. The second-order valence-corrected chi connectivity index (χ2v) is 6.50. The monoisotopic (exact) mass is 320 g/mol. The summed E-state index contributed by atoms with van der Waals surface area (Å²) in [6.45, 7) is 4.92. The number of morpholine rings is 1. The van der Waals surface area contributed by atoms with Gasteiger partial charge in [0.15, 0.2) is 6.10 Å². The predicted molar refractivity (Wildman–Crippen MR) is 85.7 cm³/mol. The molecule has 126 valence electrons. The van der Waals surface area contributed by atoms with Gasteiger partial charge in [-0.3, -0.25) is 9.59 Å².